The number of aromatic nitrogens is 1. The number of H-pyrrole nitrogens is 1. The van der Waals surface area contributed by atoms with Crippen LogP contribution in [-0.4, -0.2) is 21.8 Å². The largest absolute Gasteiger partial charge is 0.481 e. The minimum atomic E-state index is -0.762. The van der Waals surface area contributed by atoms with E-state index >= 15 is 0 Å². The molecule has 0 saturated carbocycles. The van der Waals surface area contributed by atoms with Gasteiger partial charge in [-0.15, -0.1) is 11.8 Å². The fraction of sp³-hybridized carbons (Fsp3) is 0.250. The molecule has 0 aliphatic heterocycles. The molecule has 2 rings (SSSR count). The van der Waals surface area contributed by atoms with Crippen LogP contribution in [0.25, 0.3) is 10.9 Å². The lowest BCUT2D eigenvalue weighted by molar-refractivity contribution is -0.133. The van der Waals surface area contributed by atoms with Gasteiger partial charge < -0.3 is 10.1 Å². The maximum Gasteiger partial charge on any atom is 0.313 e. The fourth-order valence-corrected chi connectivity index (χ4v) is 2.61. The third kappa shape index (κ3) is 2.22. The number of benzene rings is 1. The van der Waals surface area contributed by atoms with E-state index < -0.39 is 5.97 Å². The van der Waals surface area contributed by atoms with Gasteiger partial charge >= 0.3 is 5.97 Å². The number of hydrogen-bond acceptors (Lipinski definition) is 2. The molecule has 3 nitrogen and oxygen atoms in total. The molecule has 0 spiro atoms. The number of rotatable bonds is 4. The molecule has 2 aromatic rings. The summed E-state index contributed by atoms with van der Waals surface area (Å²) in [4.78, 5) is 13.8. The van der Waals surface area contributed by atoms with Gasteiger partial charge in [-0.05, 0) is 18.6 Å². The molecule has 0 aliphatic carbocycles. The van der Waals surface area contributed by atoms with Crippen molar-refractivity contribution in [2.45, 2.75) is 12.7 Å². The van der Waals surface area contributed by atoms with Gasteiger partial charge in [-0.25, -0.2) is 0 Å². The summed E-state index contributed by atoms with van der Waals surface area (Å²) in [6.45, 7) is 2.02. The van der Waals surface area contributed by atoms with Crippen LogP contribution in [0.1, 0.15) is 11.3 Å². The Labute approximate surface area is 97.9 Å². The van der Waals surface area contributed by atoms with E-state index in [-0.39, 0.29) is 5.75 Å². The molecular formula is C12H13NO2S. The number of para-hydroxylation sites is 1. The highest BCUT2D eigenvalue weighted by molar-refractivity contribution is 7.99. The molecule has 0 amide bonds. The predicted molar refractivity (Wildman–Crippen MR) is 66.8 cm³/mol. The predicted octanol–water partition coefficient (Wildman–Crippen LogP) is 2.79. The minimum absolute atomic E-state index is 0.152. The van der Waals surface area contributed by atoms with Crippen LogP contribution in [-0.2, 0) is 10.5 Å². The van der Waals surface area contributed by atoms with Crippen molar-refractivity contribution in [2.24, 2.45) is 0 Å². The van der Waals surface area contributed by atoms with Crippen molar-refractivity contribution in [3.8, 4) is 0 Å². The zero-order valence-corrected chi connectivity index (χ0v) is 9.80. The van der Waals surface area contributed by atoms with Crippen LogP contribution in [0.2, 0.25) is 0 Å². The standard InChI is InChI=1S/C12H13NO2S/c1-8-10(6-16-7-12(14)15)9-4-2-3-5-11(9)13-8/h2-5,13H,6-7H2,1H3,(H,14,15). The smallest absolute Gasteiger partial charge is 0.313 e. The van der Waals surface area contributed by atoms with Crippen LogP contribution in [0.5, 0.6) is 0 Å². The van der Waals surface area contributed by atoms with Gasteiger partial charge in [0.05, 0.1) is 5.75 Å². The molecule has 1 aromatic heterocycles. The van der Waals surface area contributed by atoms with Crippen molar-refractivity contribution < 1.29 is 9.90 Å². The molecule has 0 aliphatic rings. The number of aryl methyl sites for hydroxylation is 1. The van der Waals surface area contributed by atoms with Gasteiger partial charge in [0.2, 0.25) is 0 Å². The van der Waals surface area contributed by atoms with Crippen molar-refractivity contribution in [1.82, 2.24) is 4.98 Å². The molecule has 0 bridgehead atoms. The van der Waals surface area contributed by atoms with Gasteiger partial charge in [0, 0.05) is 22.3 Å². The van der Waals surface area contributed by atoms with Crippen LogP contribution in [0.3, 0.4) is 0 Å². The first-order valence-electron chi connectivity index (χ1n) is 5.04. The maximum atomic E-state index is 10.4. The Morgan fingerprint density at radius 1 is 1.44 bits per heavy atom. The average Bonchev–Trinajstić information content (AvgIpc) is 2.55. The Balaban J connectivity index is 2.22. The molecule has 4 heteroatoms. The van der Waals surface area contributed by atoms with E-state index in [0.29, 0.717) is 0 Å². The van der Waals surface area contributed by atoms with Gasteiger partial charge in [0.1, 0.15) is 0 Å². The molecule has 0 saturated heterocycles. The molecule has 0 unspecified atom stereocenters. The first-order valence-corrected chi connectivity index (χ1v) is 6.19. The van der Waals surface area contributed by atoms with Gasteiger partial charge in [-0.3, -0.25) is 4.79 Å². The van der Waals surface area contributed by atoms with Crippen LogP contribution in [0.15, 0.2) is 24.3 Å². The highest BCUT2D eigenvalue weighted by Crippen LogP contribution is 2.25. The van der Waals surface area contributed by atoms with Crippen molar-refractivity contribution in [2.75, 3.05) is 5.75 Å². The first kappa shape index (κ1) is 11.1. The third-order valence-electron chi connectivity index (χ3n) is 2.50. The molecule has 0 fully saturated rings. The number of carboxylic acids is 1. The number of carboxylic acid groups (broad SMARTS) is 1. The molecule has 0 radical (unpaired) electrons. The highest BCUT2D eigenvalue weighted by atomic mass is 32.2. The Hall–Kier alpha value is -1.42. The maximum absolute atomic E-state index is 10.4. The molecule has 0 atom stereocenters. The lowest BCUT2D eigenvalue weighted by Crippen LogP contribution is -1.98. The fourth-order valence-electron chi connectivity index (χ4n) is 1.76. The highest BCUT2D eigenvalue weighted by Gasteiger charge is 2.08. The SMILES string of the molecule is Cc1[nH]c2ccccc2c1CSCC(=O)O. The van der Waals surface area contributed by atoms with Gasteiger partial charge in [0.15, 0.2) is 0 Å². The van der Waals surface area contributed by atoms with Crippen molar-refractivity contribution >= 4 is 28.6 Å². The number of nitrogens with one attached hydrogen (secondary N) is 1. The zero-order valence-electron chi connectivity index (χ0n) is 8.99. The molecule has 84 valence electrons. The number of aromatic amines is 1. The second-order valence-electron chi connectivity index (χ2n) is 3.66. The summed E-state index contributed by atoms with van der Waals surface area (Å²) in [5.41, 5.74) is 3.45. The van der Waals surface area contributed by atoms with E-state index in [1.54, 1.807) is 0 Å². The molecule has 1 aromatic carbocycles. The van der Waals surface area contributed by atoms with Crippen molar-refractivity contribution in [3.63, 3.8) is 0 Å². The lowest BCUT2D eigenvalue weighted by Gasteiger charge is -1.99. The van der Waals surface area contributed by atoms with Crippen LogP contribution >= 0.6 is 11.8 Å². The summed E-state index contributed by atoms with van der Waals surface area (Å²) >= 11 is 1.43. The summed E-state index contributed by atoms with van der Waals surface area (Å²) in [5.74, 6) is 0.128. The summed E-state index contributed by atoms with van der Waals surface area (Å²) in [5, 5.41) is 9.79. The van der Waals surface area contributed by atoms with Gasteiger partial charge in [-0.2, -0.15) is 0 Å². The Kier molecular flexibility index (Phi) is 3.19. The van der Waals surface area contributed by atoms with Crippen molar-refractivity contribution in [1.29, 1.82) is 0 Å². The zero-order chi connectivity index (χ0) is 11.5. The summed E-state index contributed by atoms with van der Waals surface area (Å²) in [7, 11) is 0. The first-order chi connectivity index (χ1) is 7.68. The number of hydrogen-bond donors (Lipinski definition) is 2. The summed E-state index contributed by atoms with van der Waals surface area (Å²) in [6, 6.07) is 8.09. The van der Waals surface area contributed by atoms with Crippen molar-refractivity contribution in [3.05, 3.63) is 35.5 Å². The normalized spacial score (nSPS) is 10.8. The molecule has 2 N–H and O–H groups in total. The Bertz CT molecular complexity index is 519. The van der Waals surface area contributed by atoms with Crippen LogP contribution in [0, 0.1) is 6.92 Å². The minimum Gasteiger partial charge on any atom is -0.481 e. The summed E-state index contributed by atoms with van der Waals surface area (Å²) in [6.07, 6.45) is 0. The number of aliphatic carboxylic acids is 1. The number of thioether (sulfide) groups is 1. The molecular weight excluding hydrogens is 222 g/mol. The number of fused-ring (bicyclic) bond motifs is 1. The van der Waals surface area contributed by atoms with E-state index in [0.717, 1.165) is 17.0 Å². The van der Waals surface area contributed by atoms with E-state index in [1.807, 2.05) is 25.1 Å². The van der Waals surface area contributed by atoms with Crippen LogP contribution in [0.4, 0.5) is 0 Å². The number of carbonyl (C=O) groups is 1. The Morgan fingerprint density at radius 2 is 2.19 bits per heavy atom. The lowest BCUT2D eigenvalue weighted by atomic mass is 10.1. The van der Waals surface area contributed by atoms with Gasteiger partial charge in [-0.1, -0.05) is 18.2 Å². The third-order valence-corrected chi connectivity index (χ3v) is 3.44. The van der Waals surface area contributed by atoms with E-state index in [1.165, 1.54) is 22.7 Å². The summed E-state index contributed by atoms with van der Waals surface area (Å²) < 4.78 is 0. The quantitative estimate of drug-likeness (QED) is 0.856. The second-order valence-corrected chi connectivity index (χ2v) is 4.65. The molecule has 1 heterocycles. The van der Waals surface area contributed by atoms with Crippen LogP contribution < -0.4 is 0 Å². The van der Waals surface area contributed by atoms with E-state index in [2.05, 4.69) is 11.1 Å². The topological polar surface area (TPSA) is 53.1 Å². The molecule has 16 heavy (non-hydrogen) atoms. The monoisotopic (exact) mass is 235 g/mol. The Morgan fingerprint density at radius 3 is 2.94 bits per heavy atom. The average molecular weight is 235 g/mol. The van der Waals surface area contributed by atoms with Gasteiger partial charge in [0.25, 0.3) is 0 Å². The second kappa shape index (κ2) is 4.61. The van der Waals surface area contributed by atoms with E-state index in [4.69, 9.17) is 5.11 Å². The van der Waals surface area contributed by atoms with E-state index in [9.17, 15) is 4.79 Å².